The maximum atomic E-state index is 5.27. The van der Waals surface area contributed by atoms with Crippen LogP contribution in [0, 0.1) is 6.92 Å². The summed E-state index contributed by atoms with van der Waals surface area (Å²) in [5.74, 6) is 2.40. The molecule has 5 heteroatoms. The van der Waals surface area contributed by atoms with Gasteiger partial charge in [0, 0.05) is 31.2 Å². The smallest absolute Gasteiger partial charge is 0.218 e. The number of piperidine rings is 1. The Hall–Kier alpha value is -1.36. The highest BCUT2D eigenvalue weighted by Gasteiger charge is 2.24. The van der Waals surface area contributed by atoms with Gasteiger partial charge in [-0.1, -0.05) is 13.8 Å². The predicted molar refractivity (Wildman–Crippen MR) is 81.4 cm³/mol. The Labute approximate surface area is 121 Å². The third kappa shape index (κ3) is 3.82. The quantitative estimate of drug-likeness (QED) is 0.894. The van der Waals surface area contributed by atoms with E-state index in [0.717, 1.165) is 24.7 Å². The zero-order valence-corrected chi connectivity index (χ0v) is 13.0. The van der Waals surface area contributed by atoms with Gasteiger partial charge in [0.15, 0.2) is 0 Å². The van der Waals surface area contributed by atoms with Gasteiger partial charge in [-0.15, -0.1) is 0 Å². The van der Waals surface area contributed by atoms with Crippen molar-refractivity contribution in [1.82, 2.24) is 15.3 Å². The standard InChI is InChI=1S/C15H26N4O/c1-11(2)16-10-13-7-5-6-8-19(13)14-9-15(20-4)18-12(3)17-14/h9,11,13,16H,5-8,10H2,1-4H3. The molecule has 0 aliphatic carbocycles. The summed E-state index contributed by atoms with van der Waals surface area (Å²) < 4.78 is 5.27. The van der Waals surface area contributed by atoms with Crippen molar-refractivity contribution < 1.29 is 4.74 Å². The van der Waals surface area contributed by atoms with Crippen molar-refractivity contribution in [2.24, 2.45) is 0 Å². The Balaban J connectivity index is 2.16. The summed E-state index contributed by atoms with van der Waals surface area (Å²) in [6.07, 6.45) is 3.73. The van der Waals surface area contributed by atoms with Crippen LogP contribution in [0.2, 0.25) is 0 Å². The second kappa shape index (κ2) is 6.88. The highest BCUT2D eigenvalue weighted by molar-refractivity contribution is 5.43. The minimum absolute atomic E-state index is 0.505. The first-order chi connectivity index (χ1) is 9.60. The first-order valence-electron chi connectivity index (χ1n) is 7.50. The van der Waals surface area contributed by atoms with Crippen LogP contribution in [0.15, 0.2) is 6.07 Å². The SMILES string of the molecule is COc1cc(N2CCCCC2CNC(C)C)nc(C)n1. The van der Waals surface area contributed by atoms with E-state index in [-0.39, 0.29) is 0 Å². The molecule has 0 aromatic carbocycles. The minimum Gasteiger partial charge on any atom is -0.481 e. The molecule has 0 amide bonds. The minimum atomic E-state index is 0.505. The maximum absolute atomic E-state index is 5.27. The average Bonchev–Trinajstić information content (AvgIpc) is 2.44. The van der Waals surface area contributed by atoms with Crippen LogP contribution in [0.5, 0.6) is 5.88 Å². The summed E-state index contributed by atoms with van der Waals surface area (Å²) >= 11 is 0. The second-order valence-electron chi connectivity index (χ2n) is 5.72. The van der Waals surface area contributed by atoms with Crippen LogP contribution >= 0.6 is 0 Å². The van der Waals surface area contributed by atoms with E-state index >= 15 is 0 Å². The largest absolute Gasteiger partial charge is 0.481 e. The molecule has 0 bridgehead atoms. The molecule has 2 rings (SSSR count). The van der Waals surface area contributed by atoms with Gasteiger partial charge in [0.1, 0.15) is 11.6 Å². The van der Waals surface area contributed by atoms with Gasteiger partial charge in [0.25, 0.3) is 0 Å². The number of nitrogens with zero attached hydrogens (tertiary/aromatic N) is 3. The van der Waals surface area contributed by atoms with Gasteiger partial charge in [-0.3, -0.25) is 0 Å². The van der Waals surface area contributed by atoms with Crippen LogP contribution in [0.3, 0.4) is 0 Å². The molecule has 20 heavy (non-hydrogen) atoms. The zero-order valence-electron chi connectivity index (χ0n) is 13.0. The van der Waals surface area contributed by atoms with Gasteiger partial charge < -0.3 is 15.0 Å². The molecule has 2 heterocycles. The van der Waals surface area contributed by atoms with Crippen LogP contribution in [0.4, 0.5) is 5.82 Å². The number of hydrogen-bond donors (Lipinski definition) is 1. The number of hydrogen-bond acceptors (Lipinski definition) is 5. The van der Waals surface area contributed by atoms with Crippen LogP contribution in [-0.4, -0.2) is 42.3 Å². The van der Waals surface area contributed by atoms with E-state index in [1.54, 1.807) is 7.11 Å². The fourth-order valence-corrected chi connectivity index (χ4v) is 2.66. The highest BCUT2D eigenvalue weighted by atomic mass is 16.5. The molecule has 1 N–H and O–H groups in total. The normalized spacial score (nSPS) is 19.4. The zero-order chi connectivity index (χ0) is 14.5. The van der Waals surface area contributed by atoms with Gasteiger partial charge in [-0.25, -0.2) is 4.98 Å². The molecule has 1 aliphatic rings. The number of nitrogens with one attached hydrogen (secondary N) is 1. The summed E-state index contributed by atoms with van der Waals surface area (Å²) in [5, 5.41) is 3.54. The maximum Gasteiger partial charge on any atom is 0.218 e. The lowest BCUT2D eigenvalue weighted by Crippen LogP contribution is -2.47. The summed E-state index contributed by atoms with van der Waals surface area (Å²) in [5.41, 5.74) is 0. The van der Waals surface area contributed by atoms with Gasteiger partial charge in [0.2, 0.25) is 5.88 Å². The summed E-state index contributed by atoms with van der Waals surface area (Å²) in [4.78, 5) is 11.3. The molecule has 1 aromatic rings. The van der Waals surface area contributed by atoms with E-state index in [0.29, 0.717) is 18.0 Å². The van der Waals surface area contributed by atoms with E-state index in [2.05, 4.69) is 34.0 Å². The number of aryl methyl sites for hydroxylation is 1. The van der Waals surface area contributed by atoms with E-state index < -0.39 is 0 Å². The van der Waals surface area contributed by atoms with Gasteiger partial charge in [-0.05, 0) is 26.2 Å². The topological polar surface area (TPSA) is 50.3 Å². The van der Waals surface area contributed by atoms with Crippen molar-refractivity contribution in [3.05, 3.63) is 11.9 Å². The van der Waals surface area contributed by atoms with Crippen molar-refractivity contribution >= 4 is 5.82 Å². The van der Waals surface area contributed by atoms with Gasteiger partial charge in [0.05, 0.1) is 7.11 Å². The molecule has 112 valence electrons. The molecule has 1 aliphatic heterocycles. The number of methoxy groups -OCH3 is 1. The van der Waals surface area contributed by atoms with E-state index in [4.69, 9.17) is 4.74 Å². The summed E-state index contributed by atoms with van der Waals surface area (Å²) in [6.45, 7) is 8.35. The number of ether oxygens (including phenoxy) is 1. The first kappa shape index (κ1) is 15.0. The molecule has 1 atom stereocenters. The fourth-order valence-electron chi connectivity index (χ4n) is 2.66. The number of aromatic nitrogens is 2. The Morgan fingerprint density at radius 2 is 2.20 bits per heavy atom. The summed E-state index contributed by atoms with van der Waals surface area (Å²) in [6, 6.07) is 2.96. The Morgan fingerprint density at radius 3 is 2.90 bits per heavy atom. The fraction of sp³-hybridized carbons (Fsp3) is 0.733. The highest BCUT2D eigenvalue weighted by Crippen LogP contribution is 2.25. The Bertz CT molecular complexity index is 436. The van der Waals surface area contributed by atoms with E-state index in [9.17, 15) is 0 Å². The van der Waals surface area contributed by atoms with Gasteiger partial charge in [-0.2, -0.15) is 4.98 Å². The molecule has 0 spiro atoms. The lowest BCUT2D eigenvalue weighted by molar-refractivity contribution is 0.392. The van der Waals surface area contributed by atoms with Crippen molar-refractivity contribution in [2.75, 3.05) is 25.1 Å². The Kier molecular flexibility index (Phi) is 5.17. The van der Waals surface area contributed by atoms with Crippen LogP contribution < -0.4 is 15.0 Å². The van der Waals surface area contributed by atoms with Crippen LogP contribution in [-0.2, 0) is 0 Å². The predicted octanol–water partition coefficient (Wildman–Crippen LogP) is 2.15. The third-order valence-corrected chi connectivity index (χ3v) is 3.69. The van der Waals surface area contributed by atoms with Crippen LogP contribution in [0.1, 0.15) is 38.9 Å². The monoisotopic (exact) mass is 278 g/mol. The number of rotatable bonds is 5. The first-order valence-corrected chi connectivity index (χ1v) is 7.50. The van der Waals surface area contributed by atoms with Crippen molar-refractivity contribution in [2.45, 2.75) is 52.1 Å². The molecule has 1 saturated heterocycles. The molecule has 1 fully saturated rings. The molecular formula is C15H26N4O. The second-order valence-corrected chi connectivity index (χ2v) is 5.72. The van der Waals surface area contributed by atoms with Crippen LogP contribution in [0.25, 0.3) is 0 Å². The van der Waals surface area contributed by atoms with Crippen molar-refractivity contribution in [3.8, 4) is 5.88 Å². The summed E-state index contributed by atoms with van der Waals surface area (Å²) in [7, 11) is 1.65. The lowest BCUT2D eigenvalue weighted by atomic mass is 10.0. The van der Waals surface area contributed by atoms with Crippen molar-refractivity contribution in [3.63, 3.8) is 0 Å². The average molecular weight is 278 g/mol. The molecule has 1 aromatic heterocycles. The number of anilines is 1. The molecular weight excluding hydrogens is 252 g/mol. The lowest BCUT2D eigenvalue weighted by Gasteiger charge is -2.37. The molecule has 0 radical (unpaired) electrons. The van der Waals surface area contributed by atoms with Gasteiger partial charge >= 0.3 is 0 Å². The van der Waals surface area contributed by atoms with E-state index in [1.807, 2.05) is 13.0 Å². The van der Waals surface area contributed by atoms with E-state index in [1.165, 1.54) is 19.3 Å². The molecule has 0 saturated carbocycles. The molecule has 1 unspecified atom stereocenters. The third-order valence-electron chi connectivity index (χ3n) is 3.69. The van der Waals surface area contributed by atoms with Crippen molar-refractivity contribution in [1.29, 1.82) is 0 Å². The molecule has 5 nitrogen and oxygen atoms in total. The Morgan fingerprint density at radius 1 is 1.40 bits per heavy atom.